The summed E-state index contributed by atoms with van der Waals surface area (Å²) in [4.78, 5) is 0. The van der Waals surface area contributed by atoms with Gasteiger partial charge in [-0.2, -0.15) is 11.8 Å². The third-order valence-corrected chi connectivity index (χ3v) is 6.00. The Kier molecular flexibility index (Phi) is 7.67. The van der Waals surface area contributed by atoms with E-state index >= 15 is 0 Å². The van der Waals surface area contributed by atoms with Crippen LogP contribution in [-0.4, -0.2) is 11.5 Å². The zero-order valence-electron chi connectivity index (χ0n) is 17.3. The van der Waals surface area contributed by atoms with Gasteiger partial charge in [-0.05, 0) is 35.4 Å². The highest BCUT2D eigenvalue weighted by molar-refractivity contribution is 7.99. The molecule has 0 heterocycles. The van der Waals surface area contributed by atoms with Crippen LogP contribution in [0.2, 0.25) is 0 Å². The maximum atomic E-state index is 6.34. The van der Waals surface area contributed by atoms with Crippen LogP contribution in [0.25, 0.3) is 0 Å². The average molecular weight is 427 g/mol. The van der Waals surface area contributed by atoms with Gasteiger partial charge in [0, 0.05) is 11.5 Å². The molecule has 4 aromatic rings. The first-order chi connectivity index (χ1) is 15.4. The van der Waals surface area contributed by atoms with E-state index in [4.69, 9.17) is 9.47 Å². The summed E-state index contributed by atoms with van der Waals surface area (Å²) >= 11 is 1.85. The SMILES string of the molecule is c1ccc(OC(CSCC(Oc2ccccc2)c2ccccc2)c2ccccc2)cc1. The topological polar surface area (TPSA) is 18.5 Å². The molecule has 2 unspecified atom stereocenters. The molecule has 0 amide bonds. The van der Waals surface area contributed by atoms with Gasteiger partial charge in [-0.15, -0.1) is 0 Å². The van der Waals surface area contributed by atoms with Crippen LogP contribution in [0.1, 0.15) is 23.3 Å². The Balaban J connectivity index is 1.45. The van der Waals surface area contributed by atoms with E-state index in [1.165, 1.54) is 11.1 Å². The predicted molar refractivity (Wildman–Crippen MR) is 130 cm³/mol. The molecular formula is C28H26O2S. The molecule has 3 heteroatoms. The first kappa shape index (κ1) is 21.1. The molecule has 0 N–H and O–H groups in total. The second-order valence-electron chi connectivity index (χ2n) is 7.20. The molecule has 4 aromatic carbocycles. The van der Waals surface area contributed by atoms with Gasteiger partial charge in [0.15, 0.2) is 0 Å². The first-order valence-electron chi connectivity index (χ1n) is 10.5. The lowest BCUT2D eigenvalue weighted by Crippen LogP contribution is -2.14. The molecule has 0 aliphatic carbocycles. The third kappa shape index (κ3) is 6.40. The van der Waals surface area contributed by atoms with Gasteiger partial charge < -0.3 is 9.47 Å². The summed E-state index contributed by atoms with van der Waals surface area (Å²) in [6, 6.07) is 40.9. The van der Waals surface area contributed by atoms with Crippen LogP contribution in [0.15, 0.2) is 121 Å². The molecule has 156 valence electrons. The molecule has 0 fully saturated rings. The maximum absolute atomic E-state index is 6.34. The van der Waals surface area contributed by atoms with Crippen LogP contribution in [0, 0.1) is 0 Å². The Bertz CT molecular complexity index is 923. The summed E-state index contributed by atoms with van der Waals surface area (Å²) in [6.07, 6.45) is -0.0523. The predicted octanol–water partition coefficient (Wildman–Crippen LogP) is 7.36. The highest BCUT2D eigenvalue weighted by Crippen LogP contribution is 2.30. The van der Waals surface area contributed by atoms with Gasteiger partial charge >= 0.3 is 0 Å². The van der Waals surface area contributed by atoms with Crippen LogP contribution in [0.4, 0.5) is 0 Å². The van der Waals surface area contributed by atoms with Gasteiger partial charge in [0.1, 0.15) is 23.7 Å². The molecule has 0 spiro atoms. The normalized spacial score (nSPS) is 12.6. The summed E-state index contributed by atoms with van der Waals surface area (Å²) in [5.41, 5.74) is 2.36. The van der Waals surface area contributed by atoms with Gasteiger partial charge in [-0.25, -0.2) is 0 Å². The van der Waals surface area contributed by atoms with Crippen molar-refractivity contribution in [3.8, 4) is 11.5 Å². The number of ether oxygens (including phenoxy) is 2. The van der Waals surface area contributed by atoms with Gasteiger partial charge in [0.2, 0.25) is 0 Å². The van der Waals surface area contributed by atoms with Crippen molar-refractivity contribution in [1.29, 1.82) is 0 Å². The van der Waals surface area contributed by atoms with Crippen LogP contribution in [-0.2, 0) is 0 Å². The lowest BCUT2D eigenvalue weighted by molar-refractivity contribution is 0.226. The highest BCUT2D eigenvalue weighted by Gasteiger charge is 2.18. The minimum Gasteiger partial charge on any atom is -0.485 e. The van der Waals surface area contributed by atoms with Crippen molar-refractivity contribution in [2.24, 2.45) is 0 Å². The van der Waals surface area contributed by atoms with E-state index in [0.29, 0.717) is 0 Å². The largest absolute Gasteiger partial charge is 0.485 e. The number of rotatable bonds is 10. The van der Waals surface area contributed by atoms with Crippen molar-refractivity contribution in [3.63, 3.8) is 0 Å². The van der Waals surface area contributed by atoms with Crippen molar-refractivity contribution in [2.75, 3.05) is 11.5 Å². The van der Waals surface area contributed by atoms with Crippen molar-refractivity contribution in [2.45, 2.75) is 12.2 Å². The number of para-hydroxylation sites is 2. The van der Waals surface area contributed by atoms with Gasteiger partial charge in [-0.3, -0.25) is 0 Å². The summed E-state index contributed by atoms with van der Waals surface area (Å²) in [5.74, 6) is 3.44. The van der Waals surface area contributed by atoms with E-state index in [0.717, 1.165) is 23.0 Å². The van der Waals surface area contributed by atoms with E-state index in [9.17, 15) is 0 Å². The molecule has 31 heavy (non-hydrogen) atoms. The highest BCUT2D eigenvalue weighted by atomic mass is 32.2. The van der Waals surface area contributed by atoms with Crippen molar-refractivity contribution < 1.29 is 9.47 Å². The van der Waals surface area contributed by atoms with E-state index < -0.39 is 0 Å². The second kappa shape index (κ2) is 11.3. The number of benzene rings is 4. The smallest absolute Gasteiger partial charge is 0.133 e. The molecule has 0 saturated heterocycles. The van der Waals surface area contributed by atoms with E-state index in [2.05, 4.69) is 48.5 Å². The molecule has 0 aromatic heterocycles. The van der Waals surface area contributed by atoms with Crippen LogP contribution >= 0.6 is 11.8 Å². The Morgan fingerprint density at radius 2 is 0.774 bits per heavy atom. The van der Waals surface area contributed by atoms with Crippen LogP contribution < -0.4 is 9.47 Å². The van der Waals surface area contributed by atoms with E-state index in [-0.39, 0.29) is 12.2 Å². The number of thioether (sulfide) groups is 1. The summed E-state index contributed by atoms with van der Waals surface area (Å²) in [5, 5.41) is 0. The fourth-order valence-corrected chi connectivity index (χ4v) is 4.43. The van der Waals surface area contributed by atoms with E-state index in [1.807, 2.05) is 84.6 Å². The maximum Gasteiger partial charge on any atom is 0.133 e. The second-order valence-corrected chi connectivity index (χ2v) is 8.27. The Morgan fingerprint density at radius 1 is 0.452 bits per heavy atom. The van der Waals surface area contributed by atoms with Gasteiger partial charge in [-0.1, -0.05) is 97.1 Å². The Morgan fingerprint density at radius 3 is 1.13 bits per heavy atom. The molecule has 2 atom stereocenters. The lowest BCUT2D eigenvalue weighted by atomic mass is 10.1. The standard InChI is InChI=1S/C28H26O2S/c1-5-13-23(14-6-1)27(29-25-17-9-3-10-18-25)21-31-22-28(24-15-7-2-8-16-24)30-26-19-11-4-12-20-26/h1-20,27-28H,21-22H2. The number of hydrogen-bond acceptors (Lipinski definition) is 3. The zero-order valence-corrected chi connectivity index (χ0v) is 18.2. The quantitative estimate of drug-likeness (QED) is 0.264. The fraction of sp³-hybridized carbons (Fsp3) is 0.143. The molecular weight excluding hydrogens is 400 g/mol. The zero-order chi connectivity index (χ0) is 21.1. The summed E-state index contributed by atoms with van der Waals surface area (Å²) in [7, 11) is 0. The first-order valence-corrected chi connectivity index (χ1v) is 11.6. The molecule has 2 nitrogen and oxygen atoms in total. The Hall–Kier alpha value is -3.17. The molecule has 4 rings (SSSR count). The molecule has 0 aliphatic rings. The molecule has 0 aliphatic heterocycles. The minimum absolute atomic E-state index is 0.0262. The molecule has 0 bridgehead atoms. The van der Waals surface area contributed by atoms with Crippen LogP contribution in [0.3, 0.4) is 0 Å². The number of hydrogen-bond donors (Lipinski definition) is 0. The van der Waals surface area contributed by atoms with E-state index in [1.54, 1.807) is 0 Å². The third-order valence-electron chi connectivity index (χ3n) is 4.92. The van der Waals surface area contributed by atoms with Gasteiger partial charge in [0.05, 0.1) is 0 Å². The lowest BCUT2D eigenvalue weighted by Gasteiger charge is -2.22. The summed E-state index contributed by atoms with van der Waals surface area (Å²) < 4.78 is 12.7. The fourth-order valence-electron chi connectivity index (χ4n) is 3.34. The Labute approximate surface area is 188 Å². The van der Waals surface area contributed by atoms with Gasteiger partial charge in [0.25, 0.3) is 0 Å². The monoisotopic (exact) mass is 426 g/mol. The molecule has 0 saturated carbocycles. The average Bonchev–Trinajstić information content (AvgIpc) is 2.85. The molecule has 0 radical (unpaired) electrons. The van der Waals surface area contributed by atoms with Crippen molar-refractivity contribution in [3.05, 3.63) is 132 Å². The summed E-state index contributed by atoms with van der Waals surface area (Å²) in [6.45, 7) is 0. The van der Waals surface area contributed by atoms with Crippen molar-refractivity contribution >= 4 is 11.8 Å². The minimum atomic E-state index is -0.0262. The van der Waals surface area contributed by atoms with Crippen molar-refractivity contribution in [1.82, 2.24) is 0 Å². The van der Waals surface area contributed by atoms with Crippen LogP contribution in [0.5, 0.6) is 11.5 Å².